The zero-order valence-electron chi connectivity index (χ0n) is 47.0. The lowest BCUT2D eigenvalue weighted by atomic mass is 9.97. The quantitative estimate of drug-likeness (QED) is 0.0205. The summed E-state index contributed by atoms with van der Waals surface area (Å²) < 4.78 is 22.7. The molecule has 14 heteroatoms. The number of ether oxygens (including phenoxy) is 4. The summed E-state index contributed by atoms with van der Waals surface area (Å²) in [6.45, 7) is 2.67. The van der Waals surface area contributed by atoms with Crippen LogP contribution in [0.2, 0.25) is 0 Å². The van der Waals surface area contributed by atoms with Crippen LogP contribution >= 0.6 is 0 Å². The molecular weight excluding hydrogens is 967 g/mol. The minimum absolute atomic E-state index is 0.216. The van der Waals surface area contributed by atoms with Gasteiger partial charge in [0.05, 0.1) is 32.0 Å². The van der Waals surface area contributed by atoms with Crippen molar-refractivity contribution in [3.63, 3.8) is 0 Å². The van der Waals surface area contributed by atoms with Crippen LogP contribution < -0.4 is 5.32 Å². The molecule has 9 N–H and O–H groups in total. The molecule has 0 aromatic rings. The Morgan fingerprint density at radius 3 is 1.39 bits per heavy atom. The number of unbranched alkanes of at least 4 members (excludes halogenated alkanes) is 19. The van der Waals surface area contributed by atoms with Crippen LogP contribution in [0.3, 0.4) is 0 Å². The van der Waals surface area contributed by atoms with Gasteiger partial charge in [0.15, 0.2) is 12.6 Å². The molecule has 0 aromatic heterocycles. The molecule has 0 aromatic carbocycles. The summed E-state index contributed by atoms with van der Waals surface area (Å²) in [5.41, 5.74) is 0. The summed E-state index contributed by atoms with van der Waals surface area (Å²) in [6, 6.07) is -0.830. The van der Waals surface area contributed by atoms with Crippen molar-refractivity contribution < 1.29 is 64.6 Å². The van der Waals surface area contributed by atoms with Gasteiger partial charge in [-0.3, -0.25) is 4.79 Å². The minimum atomic E-state index is -1.78. The van der Waals surface area contributed by atoms with Crippen LogP contribution in [0.5, 0.6) is 0 Å². The standard InChI is InChI=1S/C62H107NO13/c1-3-5-7-9-11-12-13-14-15-16-17-18-19-20-21-22-23-24-25-26-27-28-29-30-31-32-33-34-35-36-37-38-40-42-44-46-54(67)63-50(51(66)45-43-41-39-10-8-6-4-2)49-73-61-59(72)57(70)60(53(48-65)75-61)76-62-58(71)56(69)55(68)52(47-64)74-62/h5,7,11-12,14-15,17-18,20-21,23-24,26-27,50-53,55-62,64-66,68-72H,3-4,6,8-10,13,16,19,22,25,28-49H2,1-2H3,(H,63,67)/b7-5-,12-11-,15-14-,18-17-,21-20-,24-23-,27-26-. The number of amides is 1. The first-order valence-electron chi connectivity index (χ1n) is 29.8. The van der Waals surface area contributed by atoms with Gasteiger partial charge >= 0.3 is 0 Å². The van der Waals surface area contributed by atoms with Crippen LogP contribution in [0.15, 0.2) is 85.1 Å². The molecule has 0 spiro atoms. The topological polar surface area (TPSA) is 228 Å². The van der Waals surface area contributed by atoms with Gasteiger partial charge in [-0.1, -0.05) is 214 Å². The lowest BCUT2D eigenvalue weighted by Crippen LogP contribution is -2.65. The maximum absolute atomic E-state index is 13.2. The largest absolute Gasteiger partial charge is 0.394 e. The number of aliphatic hydroxyl groups excluding tert-OH is 8. The van der Waals surface area contributed by atoms with E-state index in [1.54, 1.807) is 0 Å². The SMILES string of the molecule is CC/C=C\C/C=C\C/C=C\C/C=C\C/C=C\C/C=C\C/C=C\CCCCCCCCCCCCCCCC(=O)NC(COC1OC(CO)C(OC2OC(CO)C(O)C(O)C2O)C(O)C1O)C(O)CCCCCCCCC. The first-order valence-corrected chi connectivity index (χ1v) is 29.8. The van der Waals surface area contributed by atoms with E-state index in [2.05, 4.69) is 104 Å². The number of rotatable bonds is 46. The number of aliphatic hydroxyl groups is 8. The van der Waals surface area contributed by atoms with Gasteiger partial charge in [0.1, 0.15) is 48.8 Å². The second-order valence-corrected chi connectivity index (χ2v) is 20.7. The lowest BCUT2D eigenvalue weighted by Gasteiger charge is -2.46. The van der Waals surface area contributed by atoms with Crippen molar-refractivity contribution in [2.45, 2.75) is 280 Å². The van der Waals surface area contributed by atoms with Gasteiger partial charge in [-0.2, -0.15) is 0 Å². The highest BCUT2D eigenvalue weighted by molar-refractivity contribution is 5.76. The zero-order valence-corrected chi connectivity index (χ0v) is 47.0. The maximum Gasteiger partial charge on any atom is 0.220 e. The van der Waals surface area contributed by atoms with Crippen LogP contribution in [-0.2, 0) is 23.7 Å². The molecule has 14 nitrogen and oxygen atoms in total. The Kier molecular flexibility index (Phi) is 42.9. The van der Waals surface area contributed by atoms with Gasteiger partial charge in [-0.05, 0) is 70.6 Å². The predicted octanol–water partition coefficient (Wildman–Crippen LogP) is 10.1. The summed E-state index contributed by atoms with van der Waals surface area (Å²) in [6.07, 6.45) is 46.4. The summed E-state index contributed by atoms with van der Waals surface area (Å²) in [5, 5.41) is 86.8. The number of nitrogens with one attached hydrogen (secondary N) is 1. The fourth-order valence-electron chi connectivity index (χ4n) is 9.33. The third-order valence-corrected chi connectivity index (χ3v) is 14.1. The van der Waals surface area contributed by atoms with E-state index in [4.69, 9.17) is 18.9 Å². The summed E-state index contributed by atoms with van der Waals surface area (Å²) in [7, 11) is 0. The Bertz CT molecular complexity index is 1600. The molecule has 2 aliphatic rings. The van der Waals surface area contributed by atoms with E-state index in [-0.39, 0.29) is 12.5 Å². The molecule has 2 saturated heterocycles. The normalized spacial score (nSPS) is 25.5. The van der Waals surface area contributed by atoms with Crippen LogP contribution in [-0.4, -0.2) is 140 Å². The highest BCUT2D eigenvalue weighted by Crippen LogP contribution is 2.30. The van der Waals surface area contributed by atoms with Crippen LogP contribution in [0.4, 0.5) is 0 Å². The Labute approximate surface area is 459 Å². The van der Waals surface area contributed by atoms with Crippen molar-refractivity contribution in [1.29, 1.82) is 0 Å². The molecule has 12 unspecified atom stereocenters. The van der Waals surface area contributed by atoms with Crippen molar-refractivity contribution >= 4 is 5.91 Å². The number of hydrogen-bond acceptors (Lipinski definition) is 13. The fourth-order valence-corrected chi connectivity index (χ4v) is 9.33. The first-order chi connectivity index (χ1) is 37.1. The maximum atomic E-state index is 13.2. The van der Waals surface area contributed by atoms with Gasteiger partial charge in [-0.25, -0.2) is 0 Å². The van der Waals surface area contributed by atoms with Crippen molar-refractivity contribution in [1.82, 2.24) is 5.32 Å². The van der Waals surface area contributed by atoms with Gasteiger partial charge in [0.2, 0.25) is 5.91 Å². The molecule has 2 rings (SSSR count). The molecule has 2 fully saturated rings. The first kappa shape index (κ1) is 69.3. The molecule has 1 amide bonds. The molecule has 0 radical (unpaired) electrons. The average Bonchev–Trinajstić information content (AvgIpc) is 3.42. The second-order valence-electron chi connectivity index (χ2n) is 20.7. The molecule has 2 heterocycles. The smallest absolute Gasteiger partial charge is 0.220 e. The van der Waals surface area contributed by atoms with Crippen LogP contribution in [0, 0.1) is 0 Å². The summed E-state index contributed by atoms with van der Waals surface area (Å²) in [4.78, 5) is 13.2. The van der Waals surface area contributed by atoms with Crippen molar-refractivity contribution in [3.05, 3.63) is 85.1 Å². The second kappa shape index (κ2) is 47.0. The third kappa shape index (κ3) is 32.3. The van der Waals surface area contributed by atoms with E-state index in [0.717, 1.165) is 109 Å². The van der Waals surface area contributed by atoms with Gasteiger partial charge < -0.3 is 65.1 Å². The van der Waals surface area contributed by atoms with Crippen molar-refractivity contribution in [3.8, 4) is 0 Å². The Hall–Kier alpha value is -2.83. The third-order valence-electron chi connectivity index (χ3n) is 14.1. The number of allylic oxidation sites excluding steroid dienone is 14. The molecule has 0 saturated carbocycles. The molecule has 12 atom stereocenters. The minimum Gasteiger partial charge on any atom is -0.394 e. The van der Waals surface area contributed by atoms with E-state index in [9.17, 15) is 45.6 Å². The van der Waals surface area contributed by atoms with Gasteiger partial charge in [0.25, 0.3) is 0 Å². The van der Waals surface area contributed by atoms with E-state index >= 15 is 0 Å². The number of hydrogen-bond donors (Lipinski definition) is 9. The molecule has 0 aliphatic carbocycles. The Morgan fingerprint density at radius 2 is 0.908 bits per heavy atom. The number of carbonyl (C=O) groups excluding carboxylic acids is 1. The van der Waals surface area contributed by atoms with Crippen LogP contribution in [0.1, 0.15) is 206 Å². The van der Waals surface area contributed by atoms with E-state index in [1.807, 2.05) is 0 Å². The molecule has 438 valence electrons. The van der Waals surface area contributed by atoms with E-state index < -0.39 is 86.8 Å². The van der Waals surface area contributed by atoms with Gasteiger partial charge in [-0.15, -0.1) is 0 Å². The summed E-state index contributed by atoms with van der Waals surface area (Å²) >= 11 is 0. The van der Waals surface area contributed by atoms with Crippen molar-refractivity contribution in [2.24, 2.45) is 0 Å². The molecule has 76 heavy (non-hydrogen) atoms. The Balaban J connectivity index is 1.58. The monoisotopic (exact) mass is 1070 g/mol. The highest BCUT2D eigenvalue weighted by atomic mass is 16.7. The molecular formula is C62H107NO13. The van der Waals surface area contributed by atoms with Gasteiger partial charge in [0, 0.05) is 6.42 Å². The highest BCUT2D eigenvalue weighted by Gasteiger charge is 2.51. The fraction of sp³-hybridized carbons (Fsp3) is 0.758. The number of carbonyl (C=O) groups is 1. The molecule has 2 aliphatic heterocycles. The average molecular weight is 1070 g/mol. The van der Waals surface area contributed by atoms with Crippen molar-refractivity contribution in [2.75, 3.05) is 19.8 Å². The van der Waals surface area contributed by atoms with Crippen LogP contribution in [0.25, 0.3) is 0 Å². The lowest BCUT2D eigenvalue weighted by molar-refractivity contribution is -0.359. The predicted molar refractivity (Wildman–Crippen MR) is 304 cm³/mol. The van der Waals surface area contributed by atoms with E-state index in [0.29, 0.717) is 12.8 Å². The zero-order chi connectivity index (χ0) is 55.3. The van der Waals surface area contributed by atoms with E-state index in [1.165, 1.54) is 70.6 Å². The summed E-state index contributed by atoms with van der Waals surface area (Å²) in [5.74, 6) is -0.216. The Morgan fingerprint density at radius 1 is 0.487 bits per heavy atom. The molecule has 0 bridgehead atoms.